The first-order valence-electron chi connectivity index (χ1n) is 10.0. The molecule has 31 heavy (non-hydrogen) atoms. The molecule has 1 fully saturated rings. The number of nitrogens with zero attached hydrogens (tertiary/aromatic N) is 2. The monoisotopic (exact) mass is 441 g/mol. The van der Waals surface area contributed by atoms with Crippen molar-refractivity contribution in [2.75, 3.05) is 19.6 Å². The third-order valence-corrected chi connectivity index (χ3v) is 7.42. The molecule has 0 unspecified atom stereocenters. The smallest absolute Gasteiger partial charge is 0.338 e. The van der Waals surface area contributed by atoms with Gasteiger partial charge < -0.3 is 9.84 Å². The summed E-state index contributed by atoms with van der Waals surface area (Å²) in [4.78, 5) is 13.8. The maximum atomic E-state index is 12.6. The average Bonchev–Trinajstić information content (AvgIpc) is 3.34. The number of nitrogens with one attached hydrogen (secondary N) is 1. The van der Waals surface area contributed by atoms with Gasteiger partial charge in [0.15, 0.2) is 0 Å². The molecule has 2 heterocycles. The minimum Gasteiger partial charge on any atom is -0.457 e. The summed E-state index contributed by atoms with van der Waals surface area (Å²) in [7, 11) is -3.69. The van der Waals surface area contributed by atoms with E-state index in [1.54, 1.807) is 12.1 Å². The lowest BCUT2D eigenvalue weighted by molar-refractivity contribution is 0.0535. The van der Waals surface area contributed by atoms with Gasteiger partial charge in [-0.05, 0) is 61.3 Å². The molecule has 162 valence electrons. The number of aliphatic hydroxyl groups excluding tert-OH is 1. The molecule has 2 aliphatic heterocycles. The molecule has 2 aromatic carbocycles. The minimum atomic E-state index is -3.69. The van der Waals surface area contributed by atoms with E-state index < -0.39 is 16.1 Å². The molecule has 0 aromatic heterocycles. The number of aliphatic hydroxyl groups is 1. The van der Waals surface area contributed by atoms with E-state index in [2.05, 4.69) is 4.72 Å². The predicted molar refractivity (Wildman–Crippen MR) is 112 cm³/mol. The number of fused-ring (bicyclic) bond motifs is 1. The number of nitriles is 1. The summed E-state index contributed by atoms with van der Waals surface area (Å²) in [5, 5.41) is 19.6. The lowest BCUT2D eigenvalue weighted by Crippen LogP contribution is -2.37. The topological polar surface area (TPSA) is 120 Å². The molecule has 0 spiro atoms. The highest BCUT2D eigenvalue weighted by atomic mass is 32.2. The van der Waals surface area contributed by atoms with Crippen molar-refractivity contribution in [2.45, 2.75) is 37.0 Å². The zero-order valence-corrected chi connectivity index (χ0v) is 17.9. The molecule has 0 saturated carbocycles. The first kappa shape index (κ1) is 21.5. The quantitative estimate of drug-likeness (QED) is 0.654. The lowest BCUT2D eigenvalue weighted by Gasteiger charge is -2.22. The summed E-state index contributed by atoms with van der Waals surface area (Å²) in [5.74, 6) is -0.337. The molecule has 8 nitrogen and oxygen atoms in total. The predicted octanol–water partition coefficient (Wildman–Crippen LogP) is 1.62. The summed E-state index contributed by atoms with van der Waals surface area (Å²) in [6.45, 7) is 3.60. The van der Waals surface area contributed by atoms with Crippen LogP contribution in [0.5, 0.6) is 0 Å². The SMILES string of the molecule is Cc1c([C@@H](O)CN2CC[C@@H](NS(=O)(=O)c3ccc(C#N)cc3)C2)ccc2c1COC2=O. The molecule has 0 bridgehead atoms. The van der Waals surface area contributed by atoms with Gasteiger partial charge in [0.25, 0.3) is 0 Å². The van der Waals surface area contributed by atoms with Gasteiger partial charge in [-0.1, -0.05) is 6.07 Å². The molecule has 2 aromatic rings. The molecule has 0 aliphatic carbocycles. The van der Waals surface area contributed by atoms with Crippen molar-refractivity contribution < 1.29 is 23.1 Å². The molecular weight excluding hydrogens is 418 g/mol. The Balaban J connectivity index is 1.38. The molecule has 0 amide bonds. The molecular formula is C22H23N3O5S. The van der Waals surface area contributed by atoms with Crippen molar-refractivity contribution in [3.8, 4) is 6.07 Å². The third kappa shape index (κ3) is 4.34. The summed E-state index contributed by atoms with van der Waals surface area (Å²) in [6, 6.07) is 10.9. The van der Waals surface area contributed by atoms with Crippen LogP contribution < -0.4 is 4.72 Å². The largest absolute Gasteiger partial charge is 0.457 e. The van der Waals surface area contributed by atoms with Crippen LogP contribution in [0.2, 0.25) is 0 Å². The fourth-order valence-corrected chi connectivity index (χ4v) is 5.42. The zero-order chi connectivity index (χ0) is 22.2. The fraction of sp³-hybridized carbons (Fsp3) is 0.364. The van der Waals surface area contributed by atoms with Gasteiger partial charge in [-0.15, -0.1) is 0 Å². The maximum absolute atomic E-state index is 12.6. The number of hydrogen-bond acceptors (Lipinski definition) is 7. The molecule has 0 radical (unpaired) electrons. The van der Waals surface area contributed by atoms with Crippen molar-refractivity contribution in [1.29, 1.82) is 5.26 Å². The standard InChI is InChI=1S/C22H23N3O5S/c1-14-18(6-7-19-20(14)13-30-22(19)27)21(26)12-25-9-8-16(11-25)24-31(28,29)17-4-2-15(10-23)3-5-17/h2-7,16,21,24,26H,8-9,11-13H2,1H3/t16-,21+/m1/s1. The number of cyclic esters (lactones) is 1. The van der Waals surface area contributed by atoms with E-state index in [1.165, 1.54) is 24.3 Å². The number of rotatable bonds is 6. The van der Waals surface area contributed by atoms with Crippen LogP contribution in [0, 0.1) is 18.3 Å². The van der Waals surface area contributed by atoms with Crippen LogP contribution in [0.3, 0.4) is 0 Å². The molecule has 2 aliphatic rings. The van der Waals surface area contributed by atoms with Crippen LogP contribution in [0.4, 0.5) is 0 Å². The molecule has 1 saturated heterocycles. The maximum Gasteiger partial charge on any atom is 0.338 e. The van der Waals surface area contributed by atoms with Crippen LogP contribution in [0.1, 0.15) is 45.1 Å². The van der Waals surface area contributed by atoms with Crippen molar-refractivity contribution in [3.63, 3.8) is 0 Å². The van der Waals surface area contributed by atoms with Crippen LogP contribution in [-0.4, -0.2) is 50.1 Å². The molecule has 2 atom stereocenters. The number of hydrogen-bond donors (Lipinski definition) is 2. The number of benzene rings is 2. The highest BCUT2D eigenvalue weighted by molar-refractivity contribution is 7.89. The molecule has 9 heteroatoms. The number of β-amino-alcohol motifs (C(OH)–C–C–N with tert-alkyl or cyclic N) is 1. The second-order valence-corrected chi connectivity index (χ2v) is 9.61. The Morgan fingerprint density at radius 3 is 2.74 bits per heavy atom. The van der Waals surface area contributed by atoms with E-state index in [4.69, 9.17) is 10.00 Å². The van der Waals surface area contributed by atoms with Crippen LogP contribution in [0.25, 0.3) is 0 Å². The van der Waals surface area contributed by atoms with Crippen LogP contribution >= 0.6 is 0 Å². The van der Waals surface area contributed by atoms with E-state index in [0.717, 1.165) is 16.7 Å². The zero-order valence-electron chi connectivity index (χ0n) is 17.0. The van der Waals surface area contributed by atoms with Gasteiger partial charge in [-0.3, -0.25) is 4.90 Å². The highest BCUT2D eigenvalue weighted by Gasteiger charge is 2.30. The second kappa shape index (κ2) is 8.40. The Kier molecular flexibility index (Phi) is 5.81. The Morgan fingerprint density at radius 2 is 2.03 bits per heavy atom. The Bertz CT molecular complexity index is 1150. The number of likely N-dealkylation sites (tertiary alicyclic amines) is 1. The van der Waals surface area contributed by atoms with Gasteiger partial charge in [-0.2, -0.15) is 5.26 Å². The normalized spacial score (nSPS) is 19.6. The second-order valence-electron chi connectivity index (χ2n) is 7.90. The summed E-state index contributed by atoms with van der Waals surface area (Å²) >= 11 is 0. The lowest BCUT2D eigenvalue weighted by atomic mass is 9.95. The number of ether oxygens (including phenoxy) is 1. The van der Waals surface area contributed by atoms with Crippen LogP contribution in [-0.2, 0) is 21.4 Å². The van der Waals surface area contributed by atoms with Gasteiger partial charge in [0, 0.05) is 24.7 Å². The van der Waals surface area contributed by atoms with Gasteiger partial charge in [0.2, 0.25) is 10.0 Å². The van der Waals surface area contributed by atoms with E-state index in [0.29, 0.717) is 37.2 Å². The van der Waals surface area contributed by atoms with Gasteiger partial charge in [0.05, 0.1) is 28.2 Å². The highest BCUT2D eigenvalue weighted by Crippen LogP contribution is 2.30. The average molecular weight is 442 g/mol. The molecule has 4 rings (SSSR count). The number of sulfonamides is 1. The Morgan fingerprint density at radius 1 is 1.29 bits per heavy atom. The minimum absolute atomic E-state index is 0.121. The fourth-order valence-electron chi connectivity index (χ4n) is 4.16. The summed E-state index contributed by atoms with van der Waals surface area (Å²) < 4.78 is 33.0. The van der Waals surface area contributed by atoms with Gasteiger partial charge in [0.1, 0.15) is 6.61 Å². The van der Waals surface area contributed by atoms with E-state index in [9.17, 15) is 18.3 Å². The van der Waals surface area contributed by atoms with Gasteiger partial charge in [-0.25, -0.2) is 17.9 Å². The van der Waals surface area contributed by atoms with Crippen molar-refractivity contribution in [2.24, 2.45) is 0 Å². The number of carbonyl (C=O) groups excluding carboxylic acids is 1. The van der Waals surface area contributed by atoms with Crippen molar-refractivity contribution in [1.82, 2.24) is 9.62 Å². The van der Waals surface area contributed by atoms with Gasteiger partial charge >= 0.3 is 5.97 Å². The Labute approximate surface area is 181 Å². The van der Waals surface area contributed by atoms with Crippen molar-refractivity contribution >= 4 is 16.0 Å². The number of esters is 1. The first-order valence-corrected chi connectivity index (χ1v) is 11.5. The number of carbonyl (C=O) groups is 1. The summed E-state index contributed by atoms with van der Waals surface area (Å²) in [6.07, 6.45) is -0.122. The van der Waals surface area contributed by atoms with E-state index in [-0.39, 0.29) is 23.5 Å². The molecule has 2 N–H and O–H groups in total. The first-order chi connectivity index (χ1) is 14.8. The van der Waals surface area contributed by atoms with E-state index >= 15 is 0 Å². The van der Waals surface area contributed by atoms with Crippen molar-refractivity contribution in [3.05, 3.63) is 64.2 Å². The third-order valence-electron chi connectivity index (χ3n) is 5.89. The van der Waals surface area contributed by atoms with E-state index in [1.807, 2.05) is 17.9 Å². The van der Waals surface area contributed by atoms with Crippen LogP contribution in [0.15, 0.2) is 41.3 Å². The Hall–Kier alpha value is -2.77. The summed E-state index contributed by atoms with van der Waals surface area (Å²) in [5.41, 5.74) is 3.37.